The molecule has 3 rings (SSSR count). The van der Waals surface area contributed by atoms with Gasteiger partial charge in [0.25, 0.3) is 0 Å². The standard InChI is InChI=1S/C27H34Cl2N2O2S/c1-4-25(27(33)30-22-7-5-6-8-22)31(15-20-9-10-23(28)24(29)14-20)26(32)17-34-16-21-12-18(2)11-19(3)13-21/h9-14,22,25H,4-8,15-17H2,1-3H3,(H,30,33). The smallest absolute Gasteiger partial charge is 0.243 e. The Hall–Kier alpha value is -1.69. The van der Waals surface area contributed by atoms with Gasteiger partial charge in [-0.15, -0.1) is 11.8 Å². The molecule has 1 unspecified atom stereocenters. The van der Waals surface area contributed by atoms with Gasteiger partial charge in [-0.2, -0.15) is 0 Å². The summed E-state index contributed by atoms with van der Waals surface area (Å²) in [4.78, 5) is 28.3. The highest BCUT2D eigenvalue weighted by atomic mass is 35.5. The first kappa shape index (κ1) is 26.9. The number of carbonyl (C=O) groups excluding carboxylic acids is 2. The largest absolute Gasteiger partial charge is 0.352 e. The first-order valence-electron chi connectivity index (χ1n) is 12.0. The molecule has 0 heterocycles. The summed E-state index contributed by atoms with van der Waals surface area (Å²) >= 11 is 13.9. The molecule has 0 spiro atoms. The van der Waals surface area contributed by atoms with Crippen molar-refractivity contribution in [1.82, 2.24) is 10.2 Å². The molecule has 1 atom stereocenters. The van der Waals surface area contributed by atoms with Crippen molar-refractivity contribution >= 4 is 46.8 Å². The average molecular weight is 522 g/mol. The molecule has 1 aliphatic carbocycles. The summed E-state index contributed by atoms with van der Waals surface area (Å²) in [5.41, 5.74) is 4.50. The van der Waals surface area contributed by atoms with Gasteiger partial charge in [-0.3, -0.25) is 9.59 Å². The Balaban J connectivity index is 1.73. The van der Waals surface area contributed by atoms with E-state index >= 15 is 0 Å². The summed E-state index contributed by atoms with van der Waals surface area (Å²) in [5.74, 6) is 0.942. The topological polar surface area (TPSA) is 49.4 Å². The maximum Gasteiger partial charge on any atom is 0.243 e. The minimum absolute atomic E-state index is 0.0473. The van der Waals surface area contributed by atoms with Gasteiger partial charge < -0.3 is 10.2 Å². The van der Waals surface area contributed by atoms with E-state index in [4.69, 9.17) is 23.2 Å². The Bertz CT molecular complexity index is 988. The number of hydrogen-bond donors (Lipinski definition) is 1. The molecule has 2 amide bonds. The summed E-state index contributed by atoms with van der Waals surface area (Å²) in [6.07, 6.45) is 4.85. The lowest BCUT2D eigenvalue weighted by atomic mass is 10.1. The van der Waals surface area contributed by atoms with Crippen LogP contribution in [0.5, 0.6) is 0 Å². The summed E-state index contributed by atoms with van der Waals surface area (Å²) < 4.78 is 0. The van der Waals surface area contributed by atoms with Crippen LogP contribution in [0.25, 0.3) is 0 Å². The normalized spacial score (nSPS) is 14.7. The molecular weight excluding hydrogens is 487 g/mol. The van der Waals surface area contributed by atoms with E-state index in [1.54, 1.807) is 28.8 Å². The Morgan fingerprint density at radius 2 is 1.71 bits per heavy atom. The van der Waals surface area contributed by atoms with Crippen molar-refractivity contribution in [3.8, 4) is 0 Å². The number of carbonyl (C=O) groups is 2. The lowest BCUT2D eigenvalue weighted by molar-refractivity contribution is -0.139. The van der Waals surface area contributed by atoms with E-state index in [0.717, 1.165) is 37.0 Å². The maximum absolute atomic E-state index is 13.4. The molecule has 1 aliphatic rings. The van der Waals surface area contributed by atoms with Gasteiger partial charge in [0.05, 0.1) is 15.8 Å². The van der Waals surface area contributed by atoms with E-state index < -0.39 is 6.04 Å². The van der Waals surface area contributed by atoms with Crippen LogP contribution in [0.2, 0.25) is 10.0 Å². The van der Waals surface area contributed by atoms with Crippen LogP contribution in [-0.2, 0) is 21.9 Å². The van der Waals surface area contributed by atoms with Crippen molar-refractivity contribution < 1.29 is 9.59 Å². The van der Waals surface area contributed by atoms with Gasteiger partial charge >= 0.3 is 0 Å². The van der Waals surface area contributed by atoms with Crippen LogP contribution < -0.4 is 5.32 Å². The molecule has 1 fully saturated rings. The number of rotatable bonds is 10. The monoisotopic (exact) mass is 520 g/mol. The number of nitrogens with one attached hydrogen (secondary N) is 1. The molecule has 2 aromatic rings. The fraction of sp³-hybridized carbons (Fsp3) is 0.481. The molecule has 1 saturated carbocycles. The quantitative estimate of drug-likeness (QED) is 0.378. The third kappa shape index (κ3) is 7.66. The van der Waals surface area contributed by atoms with Crippen LogP contribution in [0.1, 0.15) is 61.3 Å². The van der Waals surface area contributed by atoms with Crippen LogP contribution in [0.4, 0.5) is 0 Å². The van der Waals surface area contributed by atoms with Crippen LogP contribution in [0.15, 0.2) is 36.4 Å². The molecule has 4 nitrogen and oxygen atoms in total. The Morgan fingerprint density at radius 3 is 2.32 bits per heavy atom. The van der Waals surface area contributed by atoms with Gasteiger partial charge in [-0.1, -0.05) is 78.4 Å². The fourth-order valence-corrected chi connectivity index (χ4v) is 5.78. The molecule has 0 aromatic heterocycles. The zero-order chi connectivity index (χ0) is 24.7. The highest BCUT2D eigenvalue weighted by Gasteiger charge is 2.30. The Kier molecular flexibility index (Phi) is 10.2. The van der Waals surface area contributed by atoms with Crippen molar-refractivity contribution in [3.63, 3.8) is 0 Å². The molecule has 1 N–H and O–H groups in total. The SMILES string of the molecule is CCC(C(=O)NC1CCCC1)N(Cc1ccc(Cl)c(Cl)c1)C(=O)CSCc1cc(C)cc(C)c1. The van der Waals surface area contributed by atoms with Crippen molar-refractivity contribution in [2.75, 3.05) is 5.75 Å². The Morgan fingerprint density at radius 1 is 1.03 bits per heavy atom. The number of benzene rings is 2. The van der Waals surface area contributed by atoms with Gasteiger partial charge in [0.15, 0.2) is 0 Å². The number of halogens is 2. The van der Waals surface area contributed by atoms with E-state index in [1.165, 1.54) is 16.7 Å². The molecule has 0 bridgehead atoms. The van der Waals surface area contributed by atoms with Crippen LogP contribution in [0.3, 0.4) is 0 Å². The van der Waals surface area contributed by atoms with E-state index in [2.05, 4.69) is 37.4 Å². The third-order valence-corrected chi connectivity index (χ3v) is 7.93. The minimum Gasteiger partial charge on any atom is -0.352 e. The number of nitrogens with zero attached hydrogens (tertiary/aromatic N) is 1. The lowest BCUT2D eigenvalue weighted by Gasteiger charge is -2.31. The second-order valence-corrected chi connectivity index (χ2v) is 11.0. The van der Waals surface area contributed by atoms with Crippen molar-refractivity contribution in [1.29, 1.82) is 0 Å². The summed E-state index contributed by atoms with van der Waals surface area (Å²) in [6, 6.07) is 11.5. The third-order valence-electron chi connectivity index (χ3n) is 6.20. The van der Waals surface area contributed by atoms with E-state index in [9.17, 15) is 9.59 Å². The lowest BCUT2D eigenvalue weighted by Crippen LogP contribution is -2.51. The molecule has 34 heavy (non-hydrogen) atoms. The number of amides is 2. The zero-order valence-electron chi connectivity index (χ0n) is 20.2. The summed E-state index contributed by atoms with van der Waals surface area (Å²) in [5, 5.41) is 4.09. The van der Waals surface area contributed by atoms with Crippen LogP contribution in [-0.4, -0.2) is 34.6 Å². The average Bonchev–Trinajstić information content (AvgIpc) is 3.28. The molecule has 184 valence electrons. The Labute approximate surface area is 217 Å². The molecule has 0 radical (unpaired) electrons. The van der Waals surface area contributed by atoms with Gasteiger partial charge in [0, 0.05) is 18.3 Å². The highest BCUT2D eigenvalue weighted by Crippen LogP contribution is 2.25. The predicted octanol–water partition coefficient (Wildman–Crippen LogP) is 6.71. The second-order valence-electron chi connectivity index (χ2n) is 9.17. The first-order valence-corrected chi connectivity index (χ1v) is 13.9. The van der Waals surface area contributed by atoms with Gasteiger partial charge in [0.2, 0.25) is 11.8 Å². The number of thioether (sulfide) groups is 1. The van der Waals surface area contributed by atoms with Crippen molar-refractivity contribution in [3.05, 3.63) is 68.7 Å². The molecule has 7 heteroatoms. The molecule has 2 aromatic carbocycles. The number of hydrogen-bond acceptors (Lipinski definition) is 3. The molecular formula is C27H34Cl2N2O2S. The van der Waals surface area contributed by atoms with E-state index in [-0.39, 0.29) is 17.9 Å². The molecule has 0 aliphatic heterocycles. The zero-order valence-corrected chi connectivity index (χ0v) is 22.5. The number of aryl methyl sites for hydroxylation is 2. The predicted molar refractivity (Wildman–Crippen MR) is 144 cm³/mol. The van der Waals surface area contributed by atoms with Gasteiger partial charge in [-0.25, -0.2) is 0 Å². The second kappa shape index (κ2) is 12.9. The highest BCUT2D eigenvalue weighted by molar-refractivity contribution is 7.99. The summed E-state index contributed by atoms with van der Waals surface area (Å²) in [6.45, 7) is 6.44. The van der Waals surface area contributed by atoms with Crippen LogP contribution in [0, 0.1) is 13.8 Å². The maximum atomic E-state index is 13.4. The van der Waals surface area contributed by atoms with Gasteiger partial charge in [-0.05, 0) is 56.4 Å². The minimum atomic E-state index is -0.524. The van der Waals surface area contributed by atoms with E-state index in [0.29, 0.717) is 28.8 Å². The van der Waals surface area contributed by atoms with Crippen molar-refractivity contribution in [2.24, 2.45) is 0 Å². The fourth-order valence-electron chi connectivity index (χ4n) is 4.61. The van der Waals surface area contributed by atoms with E-state index in [1.807, 2.05) is 13.0 Å². The van der Waals surface area contributed by atoms with Crippen LogP contribution >= 0.6 is 35.0 Å². The van der Waals surface area contributed by atoms with Crippen molar-refractivity contribution in [2.45, 2.75) is 77.3 Å². The summed E-state index contributed by atoms with van der Waals surface area (Å²) in [7, 11) is 0. The first-order chi connectivity index (χ1) is 16.3. The van der Waals surface area contributed by atoms with Gasteiger partial charge in [0.1, 0.15) is 6.04 Å². The molecule has 0 saturated heterocycles.